The average Bonchev–Trinajstić information content (AvgIpc) is 2.11. The van der Waals surface area contributed by atoms with Crippen LogP contribution in [0.4, 0.5) is 0 Å². The van der Waals surface area contributed by atoms with Crippen LogP contribution in [0.25, 0.3) is 0 Å². The summed E-state index contributed by atoms with van der Waals surface area (Å²) in [5.74, 6) is 1.47. The fourth-order valence-electron chi connectivity index (χ4n) is 4.37. The average molecular weight is 268 g/mol. The molecule has 1 saturated heterocycles. The maximum Gasteiger partial charge on any atom is 0.0246 e. The Balaban J connectivity index is 2.97. The van der Waals surface area contributed by atoms with Gasteiger partial charge >= 0.3 is 0 Å². The van der Waals surface area contributed by atoms with E-state index in [1.165, 1.54) is 13.0 Å². The molecule has 0 amide bonds. The van der Waals surface area contributed by atoms with Crippen molar-refractivity contribution in [3.05, 3.63) is 0 Å². The smallest absolute Gasteiger partial charge is 0.0246 e. The standard InChI is InChI=1S/C17H36N2/c1-10-18-16(7,8)14-12-19(15(4,5)6)17(14,9)11-13(2)3/h13-14,18H,10-12H2,1-9H3. The molecule has 114 valence electrons. The second kappa shape index (κ2) is 5.37. The summed E-state index contributed by atoms with van der Waals surface area (Å²) in [5.41, 5.74) is 0.806. The highest BCUT2D eigenvalue weighted by Gasteiger charge is 2.58. The first kappa shape index (κ1) is 17.0. The van der Waals surface area contributed by atoms with Gasteiger partial charge in [-0.05, 0) is 60.4 Å². The fourth-order valence-corrected chi connectivity index (χ4v) is 4.37. The van der Waals surface area contributed by atoms with Crippen LogP contribution in [0.3, 0.4) is 0 Å². The topological polar surface area (TPSA) is 15.3 Å². The molecule has 1 N–H and O–H groups in total. The fraction of sp³-hybridized carbons (Fsp3) is 1.00. The van der Waals surface area contributed by atoms with Gasteiger partial charge in [0.1, 0.15) is 0 Å². The SMILES string of the molecule is CCNC(C)(C)C1CN(C(C)(C)C)C1(C)CC(C)C. The Bertz CT molecular complexity index is 301. The van der Waals surface area contributed by atoms with Crippen LogP contribution in [0.5, 0.6) is 0 Å². The van der Waals surface area contributed by atoms with E-state index in [2.05, 4.69) is 72.5 Å². The van der Waals surface area contributed by atoms with Gasteiger partial charge in [0.25, 0.3) is 0 Å². The molecule has 2 atom stereocenters. The minimum Gasteiger partial charge on any atom is -0.312 e. The zero-order valence-electron chi connectivity index (χ0n) is 14.7. The number of nitrogens with zero attached hydrogens (tertiary/aromatic N) is 1. The first-order valence-electron chi connectivity index (χ1n) is 7.98. The number of hydrogen-bond acceptors (Lipinski definition) is 2. The molecule has 0 spiro atoms. The Hall–Kier alpha value is -0.0800. The van der Waals surface area contributed by atoms with E-state index in [0.29, 0.717) is 5.54 Å². The second-order valence-electron chi connectivity index (χ2n) is 8.54. The van der Waals surface area contributed by atoms with Crippen molar-refractivity contribution < 1.29 is 0 Å². The summed E-state index contributed by atoms with van der Waals surface area (Å²) in [6.45, 7) is 23.5. The van der Waals surface area contributed by atoms with Crippen LogP contribution >= 0.6 is 0 Å². The molecule has 2 unspecified atom stereocenters. The first-order valence-corrected chi connectivity index (χ1v) is 7.98. The number of likely N-dealkylation sites (tertiary alicyclic amines) is 1. The predicted molar refractivity (Wildman–Crippen MR) is 85.6 cm³/mol. The molecule has 19 heavy (non-hydrogen) atoms. The van der Waals surface area contributed by atoms with Crippen molar-refractivity contribution in [3.8, 4) is 0 Å². The Labute approximate surface area is 121 Å². The Kier molecular flexibility index (Phi) is 4.79. The van der Waals surface area contributed by atoms with Crippen molar-refractivity contribution in [2.24, 2.45) is 11.8 Å². The molecule has 1 aliphatic rings. The van der Waals surface area contributed by atoms with Gasteiger partial charge in [0.15, 0.2) is 0 Å². The molecule has 0 bridgehead atoms. The lowest BCUT2D eigenvalue weighted by Crippen LogP contribution is -2.77. The largest absolute Gasteiger partial charge is 0.312 e. The molecule has 1 rings (SSSR count). The second-order valence-corrected chi connectivity index (χ2v) is 8.54. The molecule has 1 fully saturated rings. The maximum absolute atomic E-state index is 3.70. The summed E-state index contributed by atoms with van der Waals surface area (Å²) in [6, 6.07) is 0. The molecule has 1 heterocycles. The summed E-state index contributed by atoms with van der Waals surface area (Å²) in [7, 11) is 0. The Morgan fingerprint density at radius 2 is 1.74 bits per heavy atom. The highest BCUT2D eigenvalue weighted by Crippen LogP contribution is 2.49. The van der Waals surface area contributed by atoms with Gasteiger partial charge in [0.05, 0.1) is 0 Å². The number of hydrogen-bond donors (Lipinski definition) is 1. The van der Waals surface area contributed by atoms with Gasteiger partial charge in [-0.15, -0.1) is 0 Å². The first-order chi connectivity index (χ1) is 8.45. The van der Waals surface area contributed by atoms with Gasteiger partial charge in [0.2, 0.25) is 0 Å². The lowest BCUT2D eigenvalue weighted by Gasteiger charge is -2.67. The molecular formula is C17H36N2. The highest BCUT2D eigenvalue weighted by molar-refractivity contribution is 5.14. The normalized spacial score (nSPS) is 29.7. The van der Waals surface area contributed by atoms with E-state index in [1.54, 1.807) is 0 Å². The van der Waals surface area contributed by atoms with E-state index in [4.69, 9.17) is 0 Å². The monoisotopic (exact) mass is 268 g/mol. The van der Waals surface area contributed by atoms with E-state index in [9.17, 15) is 0 Å². The van der Waals surface area contributed by atoms with Crippen molar-refractivity contribution in [3.63, 3.8) is 0 Å². The molecule has 2 heteroatoms. The van der Waals surface area contributed by atoms with Crippen LogP contribution in [0.1, 0.15) is 68.7 Å². The molecule has 0 aliphatic carbocycles. The third-order valence-electron chi connectivity index (χ3n) is 4.87. The quantitative estimate of drug-likeness (QED) is 0.813. The molecule has 2 nitrogen and oxygen atoms in total. The lowest BCUT2D eigenvalue weighted by atomic mass is 9.61. The van der Waals surface area contributed by atoms with E-state index < -0.39 is 0 Å². The van der Waals surface area contributed by atoms with Crippen molar-refractivity contribution >= 4 is 0 Å². The summed E-state index contributed by atoms with van der Waals surface area (Å²) in [4.78, 5) is 2.71. The van der Waals surface area contributed by atoms with Crippen molar-refractivity contribution in [2.45, 2.75) is 85.4 Å². The zero-order valence-corrected chi connectivity index (χ0v) is 14.7. The Morgan fingerprint density at radius 3 is 2.11 bits per heavy atom. The third kappa shape index (κ3) is 3.33. The van der Waals surface area contributed by atoms with Crippen LogP contribution in [0.2, 0.25) is 0 Å². The van der Waals surface area contributed by atoms with Gasteiger partial charge in [-0.25, -0.2) is 0 Å². The molecule has 0 saturated carbocycles. The minimum atomic E-state index is 0.222. The van der Waals surface area contributed by atoms with E-state index in [-0.39, 0.29) is 11.1 Å². The predicted octanol–water partition coefficient (Wildman–Crippen LogP) is 3.91. The molecular weight excluding hydrogens is 232 g/mol. The van der Waals surface area contributed by atoms with Gasteiger partial charge in [0, 0.05) is 29.1 Å². The minimum absolute atomic E-state index is 0.222. The van der Waals surface area contributed by atoms with Crippen LogP contribution in [0.15, 0.2) is 0 Å². The highest BCUT2D eigenvalue weighted by atomic mass is 15.3. The number of nitrogens with one attached hydrogen (secondary N) is 1. The van der Waals surface area contributed by atoms with Crippen LogP contribution in [-0.4, -0.2) is 34.6 Å². The third-order valence-corrected chi connectivity index (χ3v) is 4.87. The van der Waals surface area contributed by atoms with Gasteiger partial charge in [-0.2, -0.15) is 0 Å². The number of rotatable bonds is 5. The summed E-state index contributed by atoms with van der Waals surface area (Å²) >= 11 is 0. The van der Waals surface area contributed by atoms with Gasteiger partial charge in [-0.3, -0.25) is 4.90 Å². The molecule has 0 radical (unpaired) electrons. The van der Waals surface area contributed by atoms with E-state index in [1.807, 2.05) is 0 Å². The van der Waals surface area contributed by atoms with Crippen molar-refractivity contribution in [1.82, 2.24) is 10.2 Å². The lowest BCUT2D eigenvalue weighted by molar-refractivity contribution is -0.160. The van der Waals surface area contributed by atoms with Crippen LogP contribution in [0, 0.1) is 11.8 Å². The van der Waals surface area contributed by atoms with Crippen LogP contribution in [-0.2, 0) is 0 Å². The molecule has 0 aromatic rings. The molecule has 1 aliphatic heterocycles. The van der Waals surface area contributed by atoms with E-state index in [0.717, 1.165) is 18.4 Å². The Morgan fingerprint density at radius 1 is 1.21 bits per heavy atom. The molecule has 0 aromatic heterocycles. The summed E-state index contributed by atoms with van der Waals surface area (Å²) in [6.07, 6.45) is 1.28. The zero-order chi connectivity index (χ0) is 15.1. The summed E-state index contributed by atoms with van der Waals surface area (Å²) < 4.78 is 0. The van der Waals surface area contributed by atoms with E-state index >= 15 is 0 Å². The summed E-state index contributed by atoms with van der Waals surface area (Å²) in [5, 5.41) is 3.70. The van der Waals surface area contributed by atoms with Gasteiger partial charge in [-0.1, -0.05) is 20.8 Å². The van der Waals surface area contributed by atoms with Gasteiger partial charge < -0.3 is 5.32 Å². The maximum atomic E-state index is 3.70. The van der Waals surface area contributed by atoms with Crippen molar-refractivity contribution in [1.29, 1.82) is 0 Å². The van der Waals surface area contributed by atoms with Crippen molar-refractivity contribution in [2.75, 3.05) is 13.1 Å². The van der Waals surface area contributed by atoms with Crippen LogP contribution < -0.4 is 5.32 Å². The molecule has 0 aromatic carbocycles.